The number of nitrogens with zero attached hydrogens (tertiary/aromatic N) is 3. The van der Waals surface area contributed by atoms with Crippen molar-refractivity contribution in [2.45, 2.75) is 70.9 Å². The molecule has 0 spiro atoms. The molecule has 1 unspecified atom stereocenters. The minimum atomic E-state index is -0.658. The average molecular weight is 410 g/mol. The molecule has 0 bridgehead atoms. The van der Waals surface area contributed by atoms with Crippen LogP contribution in [0.15, 0.2) is 0 Å². The van der Waals surface area contributed by atoms with Gasteiger partial charge in [0.05, 0.1) is 0 Å². The number of carbonyl (C=O) groups excluding carboxylic acids is 1. The van der Waals surface area contributed by atoms with Gasteiger partial charge in [0.1, 0.15) is 5.60 Å². The Morgan fingerprint density at radius 1 is 1.00 bits per heavy atom. The molecule has 0 aromatic heterocycles. The first-order chi connectivity index (χ1) is 13.7. The predicted molar refractivity (Wildman–Crippen MR) is 112 cm³/mol. The topological polar surface area (TPSA) is 73.3 Å². The number of piperidine rings is 2. The molecule has 7 heteroatoms. The summed E-state index contributed by atoms with van der Waals surface area (Å²) in [7, 11) is 0. The molecular formula is C22H39N3O4. The van der Waals surface area contributed by atoms with Crippen LogP contribution >= 0.6 is 0 Å². The summed E-state index contributed by atoms with van der Waals surface area (Å²) in [6.45, 7) is 12.8. The zero-order valence-electron chi connectivity index (χ0n) is 18.4. The average Bonchev–Trinajstić information content (AvgIpc) is 2.64. The molecule has 3 fully saturated rings. The second-order valence-corrected chi connectivity index (χ2v) is 10.2. The summed E-state index contributed by atoms with van der Waals surface area (Å²) in [5.74, 6) is 0.359. The lowest BCUT2D eigenvalue weighted by atomic mass is 9.87. The zero-order valence-corrected chi connectivity index (χ0v) is 18.4. The number of aliphatic carboxylic acids is 1. The van der Waals surface area contributed by atoms with Gasteiger partial charge in [0, 0.05) is 45.2 Å². The van der Waals surface area contributed by atoms with Crippen LogP contribution in [0.2, 0.25) is 0 Å². The highest BCUT2D eigenvalue weighted by Gasteiger charge is 2.34. The van der Waals surface area contributed by atoms with E-state index < -0.39 is 11.6 Å². The van der Waals surface area contributed by atoms with Crippen LogP contribution in [-0.4, -0.2) is 89.3 Å². The van der Waals surface area contributed by atoms with Crippen LogP contribution in [0.5, 0.6) is 0 Å². The number of carboxylic acid groups (broad SMARTS) is 1. The van der Waals surface area contributed by atoms with Gasteiger partial charge in [-0.05, 0) is 77.8 Å². The largest absolute Gasteiger partial charge is 0.481 e. The lowest BCUT2D eigenvalue weighted by Crippen LogP contribution is -2.56. The summed E-state index contributed by atoms with van der Waals surface area (Å²) in [4.78, 5) is 30.2. The fourth-order valence-electron chi connectivity index (χ4n) is 5.06. The molecule has 0 radical (unpaired) electrons. The molecule has 3 rings (SSSR count). The van der Waals surface area contributed by atoms with Gasteiger partial charge in [-0.3, -0.25) is 9.69 Å². The van der Waals surface area contributed by atoms with Gasteiger partial charge in [0.25, 0.3) is 0 Å². The van der Waals surface area contributed by atoms with Crippen LogP contribution in [0.4, 0.5) is 4.79 Å². The molecule has 0 aromatic rings. The fourth-order valence-corrected chi connectivity index (χ4v) is 5.06. The van der Waals surface area contributed by atoms with Crippen LogP contribution in [0.3, 0.4) is 0 Å². The maximum atomic E-state index is 12.2. The molecule has 7 nitrogen and oxygen atoms in total. The highest BCUT2D eigenvalue weighted by atomic mass is 16.6. The number of hydrogen-bond acceptors (Lipinski definition) is 5. The summed E-state index contributed by atoms with van der Waals surface area (Å²) in [5, 5.41) is 9.09. The number of fused-ring (bicyclic) bond motifs is 1. The van der Waals surface area contributed by atoms with E-state index in [0.29, 0.717) is 24.3 Å². The third-order valence-corrected chi connectivity index (χ3v) is 6.70. The van der Waals surface area contributed by atoms with Gasteiger partial charge in [-0.2, -0.15) is 0 Å². The molecule has 2 atom stereocenters. The first-order valence-corrected chi connectivity index (χ1v) is 11.4. The number of likely N-dealkylation sites (tertiary alicyclic amines) is 1. The standard InChI is InChI=1S/C22H39N3O4/c1-22(2,3)29-21(28)25-10-5-17(6-11-25)4-8-23-12-13-24-9-7-18(15-20(26)27)14-19(24)16-23/h17-19H,4-16H2,1-3H3,(H,26,27)/t18?,19-/m1/s1. The zero-order chi connectivity index (χ0) is 21.0. The maximum Gasteiger partial charge on any atom is 0.410 e. The van der Waals surface area contributed by atoms with Crippen LogP contribution in [0, 0.1) is 11.8 Å². The summed E-state index contributed by atoms with van der Waals surface area (Å²) >= 11 is 0. The van der Waals surface area contributed by atoms with Crippen LogP contribution in [0.25, 0.3) is 0 Å². The Balaban J connectivity index is 1.37. The lowest BCUT2D eigenvalue weighted by Gasteiger charge is -2.46. The summed E-state index contributed by atoms with van der Waals surface area (Å²) in [5.41, 5.74) is -0.432. The van der Waals surface area contributed by atoms with Crippen molar-refractivity contribution in [3.05, 3.63) is 0 Å². The third kappa shape index (κ3) is 6.85. The molecule has 3 aliphatic rings. The Bertz CT molecular complexity index is 569. The maximum absolute atomic E-state index is 12.2. The van der Waals surface area contributed by atoms with Gasteiger partial charge in [0.15, 0.2) is 0 Å². The van der Waals surface area contributed by atoms with Gasteiger partial charge < -0.3 is 19.6 Å². The Kier molecular flexibility index (Phi) is 7.43. The third-order valence-electron chi connectivity index (χ3n) is 6.70. The highest BCUT2D eigenvalue weighted by molar-refractivity contribution is 5.68. The van der Waals surface area contributed by atoms with Crippen LogP contribution < -0.4 is 0 Å². The van der Waals surface area contributed by atoms with E-state index in [9.17, 15) is 9.59 Å². The summed E-state index contributed by atoms with van der Waals surface area (Å²) < 4.78 is 5.49. The van der Waals surface area contributed by atoms with Crippen molar-refractivity contribution < 1.29 is 19.4 Å². The molecule has 3 aliphatic heterocycles. The monoisotopic (exact) mass is 409 g/mol. The number of hydrogen-bond donors (Lipinski definition) is 1. The van der Waals surface area contributed by atoms with Crippen molar-refractivity contribution in [2.24, 2.45) is 11.8 Å². The van der Waals surface area contributed by atoms with Gasteiger partial charge in [-0.25, -0.2) is 4.79 Å². The molecule has 166 valence electrons. The van der Waals surface area contributed by atoms with Crippen LogP contribution in [0.1, 0.15) is 59.3 Å². The summed E-state index contributed by atoms with van der Waals surface area (Å²) in [6.07, 6.45) is 5.50. The first-order valence-electron chi connectivity index (χ1n) is 11.4. The molecule has 0 saturated carbocycles. The number of amides is 1. The molecule has 1 amide bonds. The molecule has 3 saturated heterocycles. The van der Waals surface area contributed by atoms with Crippen molar-refractivity contribution in [1.82, 2.24) is 14.7 Å². The second kappa shape index (κ2) is 9.65. The Morgan fingerprint density at radius 3 is 2.34 bits per heavy atom. The van der Waals surface area contributed by atoms with E-state index >= 15 is 0 Å². The van der Waals surface area contributed by atoms with E-state index in [0.717, 1.165) is 71.5 Å². The van der Waals surface area contributed by atoms with Crippen molar-refractivity contribution >= 4 is 12.1 Å². The van der Waals surface area contributed by atoms with E-state index in [1.807, 2.05) is 25.7 Å². The van der Waals surface area contributed by atoms with E-state index in [1.54, 1.807) is 0 Å². The quantitative estimate of drug-likeness (QED) is 0.753. The van der Waals surface area contributed by atoms with E-state index in [4.69, 9.17) is 9.84 Å². The van der Waals surface area contributed by atoms with E-state index in [-0.39, 0.29) is 6.09 Å². The van der Waals surface area contributed by atoms with Crippen molar-refractivity contribution in [2.75, 3.05) is 45.8 Å². The first kappa shape index (κ1) is 22.3. The molecule has 1 N–H and O–H groups in total. The van der Waals surface area contributed by atoms with Gasteiger partial charge in [-0.1, -0.05) is 0 Å². The molecular weight excluding hydrogens is 370 g/mol. The Hall–Kier alpha value is -1.34. The lowest BCUT2D eigenvalue weighted by molar-refractivity contribution is -0.138. The number of carbonyl (C=O) groups is 2. The van der Waals surface area contributed by atoms with E-state index in [2.05, 4.69) is 9.80 Å². The minimum absolute atomic E-state index is 0.180. The molecule has 0 aliphatic carbocycles. The number of carboxylic acids is 1. The number of piperazine rings is 1. The SMILES string of the molecule is CC(C)(C)OC(=O)N1CCC(CCN2CCN3CCC(CC(=O)O)C[C@@H]3C2)CC1. The minimum Gasteiger partial charge on any atom is -0.481 e. The van der Waals surface area contributed by atoms with Crippen LogP contribution in [-0.2, 0) is 9.53 Å². The van der Waals surface area contributed by atoms with Crippen molar-refractivity contribution in [3.8, 4) is 0 Å². The highest BCUT2D eigenvalue weighted by Crippen LogP contribution is 2.29. The predicted octanol–water partition coefficient (Wildman–Crippen LogP) is 2.89. The Morgan fingerprint density at radius 2 is 1.69 bits per heavy atom. The van der Waals surface area contributed by atoms with Gasteiger partial charge in [-0.15, -0.1) is 0 Å². The second-order valence-electron chi connectivity index (χ2n) is 10.2. The molecule has 3 heterocycles. The number of rotatable bonds is 5. The number of ether oxygens (including phenoxy) is 1. The van der Waals surface area contributed by atoms with Gasteiger partial charge >= 0.3 is 12.1 Å². The van der Waals surface area contributed by atoms with Crippen molar-refractivity contribution in [3.63, 3.8) is 0 Å². The van der Waals surface area contributed by atoms with E-state index in [1.165, 1.54) is 6.42 Å². The fraction of sp³-hybridized carbons (Fsp3) is 0.909. The van der Waals surface area contributed by atoms with Crippen molar-refractivity contribution in [1.29, 1.82) is 0 Å². The molecule has 0 aromatic carbocycles. The smallest absolute Gasteiger partial charge is 0.410 e. The summed E-state index contributed by atoms with van der Waals surface area (Å²) in [6, 6.07) is 0.524. The Labute approximate surface area is 175 Å². The van der Waals surface area contributed by atoms with Gasteiger partial charge in [0.2, 0.25) is 0 Å². The normalized spacial score (nSPS) is 27.5. The molecule has 29 heavy (non-hydrogen) atoms.